The number of ether oxygens (including phenoxy) is 1. The van der Waals surface area contributed by atoms with Crippen LogP contribution in [0.1, 0.15) is 5.56 Å². The number of hydrogen-bond acceptors (Lipinski definition) is 3. The van der Waals surface area contributed by atoms with Crippen molar-refractivity contribution in [1.82, 2.24) is 0 Å². The lowest BCUT2D eigenvalue weighted by Crippen LogP contribution is -1.98. The second-order valence-electron chi connectivity index (χ2n) is 3.64. The fourth-order valence-electron chi connectivity index (χ4n) is 1.42. The molecular formula is C13H7F3N2O. The minimum Gasteiger partial charge on any atom is -0.452 e. The lowest BCUT2D eigenvalue weighted by Gasteiger charge is -2.10. The Balaban J connectivity index is 2.40. The first-order valence-corrected chi connectivity index (χ1v) is 5.14. The van der Waals surface area contributed by atoms with E-state index >= 15 is 0 Å². The summed E-state index contributed by atoms with van der Waals surface area (Å²) in [5.41, 5.74) is 5.15. The third-order valence-corrected chi connectivity index (χ3v) is 2.36. The molecule has 2 aromatic rings. The molecule has 0 heterocycles. The smallest absolute Gasteiger partial charge is 0.203 e. The number of rotatable bonds is 2. The molecule has 0 fully saturated rings. The van der Waals surface area contributed by atoms with Crippen molar-refractivity contribution in [2.75, 3.05) is 5.73 Å². The summed E-state index contributed by atoms with van der Waals surface area (Å²) in [6.45, 7) is 0. The number of nitrogens with two attached hydrogens (primary N) is 1. The zero-order valence-corrected chi connectivity index (χ0v) is 9.45. The maximum atomic E-state index is 13.5. The normalized spacial score (nSPS) is 10.0. The predicted octanol–water partition coefficient (Wildman–Crippen LogP) is 3.35. The van der Waals surface area contributed by atoms with Crippen molar-refractivity contribution in [1.29, 1.82) is 5.26 Å². The van der Waals surface area contributed by atoms with Crippen molar-refractivity contribution in [3.63, 3.8) is 0 Å². The largest absolute Gasteiger partial charge is 0.452 e. The van der Waals surface area contributed by atoms with Gasteiger partial charge in [0.1, 0.15) is 17.6 Å². The highest BCUT2D eigenvalue weighted by atomic mass is 19.2. The summed E-state index contributed by atoms with van der Waals surface area (Å²) in [6, 6.07) is 6.93. The average Bonchev–Trinajstić information content (AvgIpc) is 2.39. The Bertz CT molecular complexity index is 680. The van der Waals surface area contributed by atoms with Crippen LogP contribution in [0, 0.1) is 28.8 Å². The Labute approximate surface area is 106 Å². The Morgan fingerprint density at radius 2 is 1.79 bits per heavy atom. The van der Waals surface area contributed by atoms with Gasteiger partial charge >= 0.3 is 0 Å². The molecule has 2 aromatic carbocycles. The second-order valence-corrected chi connectivity index (χ2v) is 3.64. The molecule has 0 unspecified atom stereocenters. The van der Waals surface area contributed by atoms with E-state index in [1.54, 1.807) is 6.07 Å². The highest BCUT2D eigenvalue weighted by Gasteiger charge is 2.15. The van der Waals surface area contributed by atoms with E-state index in [1.165, 1.54) is 6.07 Å². The van der Waals surface area contributed by atoms with Crippen molar-refractivity contribution in [2.45, 2.75) is 0 Å². The number of halogens is 3. The van der Waals surface area contributed by atoms with Gasteiger partial charge in [-0.2, -0.15) is 9.65 Å². The first kappa shape index (κ1) is 12.8. The van der Waals surface area contributed by atoms with E-state index in [-0.39, 0.29) is 17.0 Å². The molecule has 2 rings (SSSR count). The first-order valence-electron chi connectivity index (χ1n) is 5.14. The van der Waals surface area contributed by atoms with Crippen molar-refractivity contribution in [3.05, 3.63) is 53.3 Å². The number of hydrogen-bond donors (Lipinski definition) is 1. The maximum Gasteiger partial charge on any atom is 0.203 e. The van der Waals surface area contributed by atoms with Crippen molar-refractivity contribution in [3.8, 4) is 17.6 Å². The summed E-state index contributed by atoms with van der Waals surface area (Å²) in [7, 11) is 0. The molecule has 0 aliphatic heterocycles. The van der Waals surface area contributed by atoms with Crippen molar-refractivity contribution < 1.29 is 17.9 Å². The quantitative estimate of drug-likeness (QED) is 0.846. The molecular weight excluding hydrogens is 257 g/mol. The van der Waals surface area contributed by atoms with Gasteiger partial charge in [0, 0.05) is 6.07 Å². The molecule has 0 radical (unpaired) electrons. The Hall–Kier alpha value is -2.68. The lowest BCUT2D eigenvalue weighted by atomic mass is 10.2. The van der Waals surface area contributed by atoms with Crippen molar-refractivity contribution in [2.24, 2.45) is 0 Å². The molecule has 0 saturated carbocycles. The van der Waals surface area contributed by atoms with Crippen LogP contribution in [0.3, 0.4) is 0 Å². The monoisotopic (exact) mass is 264 g/mol. The fraction of sp³-hybridized carbons (Fsp3) is 0. The Morgan fingerprint density at radius 1 is 1.05 bits per heavy atom. The SMILES string of the molecule is N#Cc1ccc(Oc2c(N)ccc(F)c2F)cc1F. The van der Waals surface area contributed by atoms with Gasteiger partial charge in [-0.15, -0.1) is 0 Å². The van der Waals surface area contributed by atoms with Crippen LogP contribution in [0.2, 0.25) is 0 Å². The molecule has 0 saturated heterocycles. The van der Waals surface area contributed by atoms with E-state index in [0.717, 1.165) is 24.3 Å². The minimum absolute atomic E-state index is 0.0901. The van der Waals surface area contributed by atoms with Gasteiger partial charge < -0.3 is 10.5 Å². The number of nitrogen functional groups attached to an aromatic ring is 1. The standard InChI is InChI=1S/C13H7F3N2O/c14-9-3-4-11(18)13(12(9)16)19-8-2-1-7(6-17)10(15)5-8/h1-5H,18H2. The van der Waals surface area contributed by atoms with Crippen LogP contribution in [-0.4, -0.2) is 0 Å². The highest BCUT2D eigenvalue weighted by Crippen LogP contribution is 2.32. The van der Waals surface area contributed by atoms with E-state index in [0.29, 0.717) is 0 Å². The number of anilines is 1. The molecule has 96 valence electrons. The molecule has 6 heteroatoms. The highest BCUT2D eigenvalue weighted by molar-refractivity contribution is 5.55. The number of nitrogens with zero attached hydrogens (tertiary/aromatic N) is 1. The maximum absolute atomic E-state index is 13.5. The molecule has 0 aromatic heterocycles. The fourth-order valence-corrected chi connectivity index (χ4v) is 1.42. The zero-order valence-electron chi connectivity index (χ0n) is 9.45. The van der Waals surface area contributed by atoms with Gasteiger partial charge in [-0.05, 0) is 24.3 Å². The molecule has 0 aliphatic rings. The molecule has 0 bridgehead atoms. The van der Waals surface area contributed by atoms with E-state index in [9.17, 15) is 13.2 Å². The predicted molar refractivity (Wildman–Crippen MR) is 62.0 cm³/mol. The van der Waals surface area contributed by atoms with E-state index in [2.05, 4.69) is 0 Å². The van der Waals surface area contributed by atoms with E-state index < -0.39 is 23.2 Å². The van der Waals surface area contributed by atoms with Crippen LogP contribution in [0.15, 0.2) is 30.3 Å². The summed E-state index contributed by atoms with van der Waals surface area (Å²) in [5.74, 6) is -3.82. The van der Waals surface area contributed by atoms with Gasteiger partial charge in [0.15, 0.2) is 11.6 Å². The van der Waals surface area contributed by atoms with Gasteiger partial charge in [0.05, 0.1) is 11.3 Å². The number of nitriles is 1. The first-order chi connectivity index (χ1) is 9.02. The van der Waals surface area contributed by atoms with E-state index in [1.807, 2.05) is 0 Å². The van der Waals surface area contributed by atoms with Crippen LogP contribution in [0.5, 0.6) is 11.5 Å². The van der Waals surface area contributed by atoms with Crippen LogP contribution < -0.4 is 10.5 Å². The van der Waals surface area contributed by atoms with Gasteiger partial charge in [-0.1, -0.05) is 0 Å². The van der Waals surface area contributed by atoms with Gasteiger partial charge in [-0.3, -0.25) is 0 Å². The molecule has 3 nitrogen and oxygen atoms in total. The summed E-state index contributed by atoms with van der Waals surface area (Å²) >= 11 is 0. The topological polar surface area (TPSA) is 59.0 Å². The van der Waals surface area contributed by atoms with Gasteiger partial charge in [0.25, 0.3) is 0 Å². The zero-order chi connectivity index (χ0) is 14.0. The minimum atomic E-state index is -1.26. The molecule has 0 aliphatic carbocycles. The second kappa shape index (κ2) is 4.90. The molecule has 0 amide bonds. The van der Waals surface area contributed by atoms with Crippen LogP contribution in [-0.2, 0) is 0 Å². The average molecular weight is 264 g/mol. The van der Waals surface area contributed by atoms with Gasteiger partial charge in [-0.25, -0.2) is 8.78 Å². The summed E-state index contributed by atoms with van der Waals surface area (Å²) in [4.78, 5) is 0. The molecule has 0 spiro atoms. The van der Waals surface area contributed by atoms with Crippen molar-refractivity contribution >= 4 is 5.69 Å². The van der Waals surface area contributed by atoms with E-state index in [4.69, 9.17) is 15.7 Å². The lowest BCUT2D eigenvalue weighted by molar-refractivity contribution is 0.416. The molecule has 19 heavy (non-hydrogen) atoms. The third-order valence-electron chi connectivity index (χ3n) is 2.36. The Morgan fingerprint density at radius 3 is 2.42 bits per heavy atom. The summed E-state index contributed by atoms with van der Waals surface area (Å²) < 4.78 is 44.8. The van der Waals surface area contributed by atoms with Crippen LogP contribution in [0.25, 0.3) is 0 Å². The van der Waals surface area contributed by atoms with Gasteiger partial charge in [0.2, 0.25) is 5.82 Å². The summed E-state index contributed by atoms with van der Waals surface area (Å²) in [5, 5.41) is 8.56. The molecule has 2 N–H and O–H groups in total. The third kappa shape index (κ3) is 2.45. The number of benzene rings is 2. The Kier molecular flexibility index (Phi) is 3.29. The van der Waals surface area contributed by atoms with Crippen LogP contribution >= 0.6 is 0 Å². The summed E-state index contributed by atoms with van der Waals surface area (Å²) in [6.07, 6.45) is 0. The van der Waals surface area contributed by atoms with Crippen LogP contribution in [0.4, 0.5) is 18.9 Å². The molecule has 0 atom stereocenters.